The molecule has 2 aromatic rings. The van der Waals surface area contributed by atoms with Crippen molar-refractivity contribution in [3.63, 3.8) is 0 Å². The summed E-state index contributed by atoms with van der Waals surface area (Å²) in [7, 11) is 0. The topological polar surface area (TPSA) is 9.23 Å². The molecule has 0 heterocycles. The fourth-order valence-corrected chi connectivity index (χ4v) is 1.34. The van der Waals surface area contributed by atoms with Gasteiger partial charge in [-0.25, -0.2) is 0 Å². The van der Waals surface area contributed by atoms with Crippen LogP contribution in [0, 0.1) is 0 Å². The minimum Gasteiger partial charge on any atom is -0.456 e. The second-order valence-corrected chi connectivity index (χ2v) is 3.30. The summed E-state index contributed by atoms with van der Waals surface area (Å²) in [5.41, 5.74) is 0. The van der Waals surface area contributed by atoms with E-state index in [1.807, 2.05) is 54.6 Å². The summed E-state index contributed by atoms with van der Waals surface area (Å²) in [4.78, 5) is 0.733. The molecule has 0 aliphatic rings. The minimum atomic E-state index is 0.730. The van der Waals surface area contributed by atoms with Crippen molar-refractivity contribution in [1.82, 2.24) is 0 Å². The lowest BCUT2D eigenvalue weighted by molar-refractivity contribution is 0.471. The Morgan fingerprint density at radius 1 is 0.786 bits per heavy atom. The predicted molar refractivity (Wildman–Crippen MR) is 58.8 cm³/mol. The van der Waals surface area contributed by atoms with Gasteiger partial charge in [-0.05, 0) is 24.3 Å². The van der Waals surface area contributed by atoms with Crippen LogP contribution in [-0.4, -0.2) is 0 Å². The first-order chi connectivity index (χ1) is 6.86. The fourth-order valence-electron chi connectivity index (χ4n) is 1.15. The normalized spacial score (nSPS) is 9.71. The van der Waals surface area contributed by atoms with Crippen molar-refractivity contribution in [1.29, 1.82) is 0 Å². The highest BCUT2D eigenvalue weighted by Gasteiger charge is 1.99. The number of hydrogen-bond acceptors (Lipinski definition) is 1. The smallest absolute Gasteiger partial charge is 0.145 e. The third kappa shape index (κ3) is 2.03. The van der Waals surface area contributed by atoms with Gasteiger partial charge < -0.3 is 4.74 Å². The van der Waals surface area contributed by atoms with Crippen LogP contribution in [-0.2, 0) is 0 Å². The summed E-state index contributed by atoms with van der Waals surface area (Å²) in [6.45, 7) is 0. The zero-order valence-electron chi connectivity index (χ0n) is 7.51. The van der Waals surface area contributed by atoms with Crippen molar-refractivity contribution in [2.45, 2.75) is 4.90 Å². The molecule has 0 amide bonds. The van der Waals surface area contributed by atoms with Crippen LogP contribution < -0.4 is 4.74 Å². The number of hydrogen-bond donors (Lipinski definition) is 0. The fraction of sp³-hybridized carbons (Fsp3) is 0. The molecular weight excluding hydrogens is 192 g/mol. The van der Waals surface area contributed by atoms with Crippen molar-refractivity contribution in [2.24, 2.45) is 0 Å². The molecular formula is C12H9OS. The van der Waals surface area contributed by atoms with Crippen LogP contribution in [0.1, 0.15) is 0 Å². The van der Waals surface area contributed by atoms with Crippen LogP contribution in [0.3, 0.4) is 0 Å². The second-order valence-electron chi connectivity index (χ2n) is 2.86. The van der Waals surface area contributed by atoms with Crippen LogP contribution in [0.2, 0.25) is 0 Å². The zero-order valence-corrected chi connectivity index (χ0v) is 8.33. The van der Waals surface area contributed by atoms with E-state index in [0.29, 0.717) is 0 Å². The third-order valence-electron chi connectivity index (χ3n) is 1.82. The van der Waals surface area contributed by atoms with Crippen molar-refractivity contribution in [3.05, 3.63) is 54.6 Å². The molecule has 0 unspecified atom stereocenters. The van der Waals surface area contributed by atoms with E-state index in [1.54, 1.807) is 0 Å². The Kier molecular flexibility index (Phi) is 2.65. The Morgan fingerprint density at radius 2 is 1.43 bits per heavy atom. The molecule has 0 aromatic heterocycles. The van der Waals surface area contributed by atoms with E-state index >= 15 is 0 Å². The first-order valence-electron chi connectivity index (χ1n) is 4.35. The average molecular weight is 201 g/mol. The largest absolute Gasteiger partial charge is 0.456 e. The van der Waals surface area contributed by atoms with E-state index in [-0.39, 0.29) is 0 Å². The van der Waals surface area contributed by atoms with Gasteiger partial charge in [0.1, 0.15) is 11.5 Å². The third-order valence-corrected chi connectivity index (χ3v) is 2.16. The highest BCUT2D eigenvalue weighted by Crippen LogP contribution is 2.26. The van der Waals surface area contributed by atoms with E-state index in [4.69, 9.17) is 17.4 Å². The molecule has 0 atom stereocenters. The van der Waals surface area contributed by atoms with Gasteiger partial charge in [-0.15, -0.1) is 0 Å². The summed E-state index contributed by atoms with van der Waals surface area (Å²) in [6, 6.07) is 17.2. The lowest BCUT2D eigenvalue weighted by Gasteiger charge is -2.06. The van der Waals surface area contributed by atoms with Crippen molar-refractivity contribution < 1.29 is 4.74 Å². The van der Waals surface area contributed by atoms with Gasteiger partial charge in [-0.2, -0.15) is 0 Å². The van der Waals surface area contributed by atoms with Crippen LogP contribution in [0.5, 0.6) is 11.5 Å². The van der Waals surface area contributed by atoms with Crippen molar-refractivity contribution in [2.75, 3.05) is 0 Å². The highest BCUT2D eigenvalue weighted by atomic mass is 32.1. The van der Waals surface area contributed by atoms with E-state index < -0.39 is 0 Å². The summed E-state index contributed by atoms with van der Waals surface area (Å²) in [5.74, 6) is 1.54. The van der Waals surface area contributed by atoms with Crippen molar-refractivity contribution in [3.8, 4) is 11.5 Å². The molecule has 2 aromatic carbocycles. The molecule has 0 saturated carbocycles. The van der Waals surface area contributed by atoms with Crippen molar-refractivity contribution >= 4 is 12.6 Å². The molecule has 0 saturated heterocycles. The summed E-state index contributed by atoms with van der Waals surface area (Å²) in [5, 5.41) is 0. The average Bonchev–Trinajstić information content (AvgIpc) is 2.23. The van der Waals surface area contributed by atoms with E-state index in [2.05, 4.69) is 0 Å². The van der Waals surface area contributed by atoms with E-state index in [9.17, 15) is 0 Å². The Hall–Kier alpha value is -1.54. The minimum absolute atomic E-state index is 0.730. The van der Waals surface area contributed by atoms with Gasteiger partial charge >= 0.3 is 0 Å². The number of para-hydroxylation sites is 2. The maximum Gasteiger partial charge on any atom is 0.145 e. The first-order valence-corrected chi connectivity index (χ1v) is 4.76. The monoisotopic (exact) mass is 201 g/mol. The zero-order chi connectivity index (χ0) is 9.80. The molecule has 1 nitrogen and oxygen atoms in total. The molecule has 69 valence electrons. The predicted octanol–water partition coefficient (Wildman–Crippen LogP) is 4.04. The molecule has 0 N–H and O–H groups in total. The molecule has 1 radical (unpaired) electrons. The van der Waals surface area contributed by atoms with Gasteiger partial charge in [-0.1, -0.05) is 43.0 Å². The second kappa shape index (κ2) is 4.11. The standard InChI is InChI=1S/C12H9OS/c14-12-9-5-4-8-11(12)13-10-6-2-1-3-7-10/h1-9H. The molecule has 2 rings (SSSR count). The number of rotatable bonds is 2. The SMILES string of the molecule is [S]c1ccccc1Oc1ccccc1. The summed E-state index contributed by atoms with van der Waals surface area (Å²) in [6.07, 6.45) is 0. The van der Waals surface area contributed by atoms with E-state index in [0.717, 1.165) is 16.4 Å². The highest BCUT2D eigenvalue weighted by molar-refractivity contribution is 7.80. The lowest BCUT2D eigenvalue weighted by atomic mass is 10.3. The van der Waals surface area contributed by atoms with Gasteiger partial charge in [-0.3, -0.25) is 0 Å². The molecule has 0 fully saturated rings. The molecule has 2 heteroatoms. The molecule has 0 spiro atoms. The van der Waals surface area contributed by atoms with Crippen LogP contribution in [0.4, 0.5) is 0 Å². The molecule has 0 aliphatic heterocycles. The Morgan fingerprint density at radius 3 is 2.14 bits per heavy atom. The van der Waals surface area contributed by atoms with Gasteiger partial charge in [0.15, 0.2) is 0 Å². The Bertz CT molecular complexity index is 412. The maximum absolute atomic E-state index is 5.60. The van der Waals surface area contributed by atoms with E-state index in [1.165, 1.54) is 0 Å². The lowest BCUT2D eigenvalue weighted by Crippen LogP contribution is -1.84. The van der Waals surface area contributed by atoms with Gasteiger partial charge in [0, 0.05) is 0 Å². The Labute approximate surface area is 88.8 Å². The van der Waals surface area contributed by atoms with Crippen LogP contribution in [0.25, 0.3) is 0 Å². The summed E-state index contributed by atoms with van der Waals surface area (Å²) < 4.78 is 5.60. The number of benzene rings is 2. The summed E-state index contributed by atoms with van der Waals surface area (Å²) >= 11 is 5.13. The maximum atomic E-state index is 5.60. The van der Waals surface area contributed by atoms with Gasteiger partial charge in [0.2, 0.25) is 0 Å². The number of ether oxygens (including phenoxy) is 1. The molecule has 14 heavy (non-hydrogen) atoms. The molecule has 0 bridgehead atoms. The quantitative estimate of drug-likeness (QED) is 0.712. The Balaban J connectivity index is 2.24. The first kappa shape index (κ1) is 9.03. The van der Waals surface area contributed by atoms with Gasteiger partial charge in [0.05, 0.1) is 4.90 Å². The van der Waals surface area contributed by atoms with Crippen LogP contribution >= 0.6 is 12.6 Å². The van der Waals surface area contributed by atoms with Crippen LogP contribution in [0.15, 0.2) is 59.5 Å². The van der Waals surface area contributed by atoms with Gasteiger partial charge in [0.25, 0.3) is 0 Å². The molecule has 0 aliphatic carbocycles.